The summed E-state index contributed by atoms with van der Waals surface area (Å²) in [6.45, 7) is 0. The fraction of sp³-hybridized carbons (Fsp3) is 0. The van der Waals surface area contributed by atoms with Crippen molar-refractivity contribution in [2.45, 2.75) is 0 Å². The lowest BCUT2D eigenvalue weighted by Gasteiger charge is -2.12. The molecular formula is C30H18N2O. The van der Waals surface area contributed by atoms with E-state index in [1.807, 2.05) is 12.1 Å². The van der Waals surface area contributed by atoms with Crippen LogP contribution >= 0.6 is 0 Å². The molecule has 0 saturated heterocycles. The van der Waals surface area contributed by atoms with E-state index in [1.54, 1.807) is 0 Å². The molecule has 0 N–H and O–H groups in total. The number of para-hydroxylation sites is 3. The average molecular weight is 422 g/mol. The van der Waals surface area contributed by atoms with Crippen molar-refractivity contribution in [1.29, 1.82) is 0 Å². The van der Waals surface area contributed by atoms with Crippen LogP contribution in [0.1, 0.15) is 0 Å². The van der Waals surface area contributed by atoms with Gasteiger partial charge < -0.3 is 13.6 Å². The Morgan fingerprint density at radius 3 is 1.76 bits per heavy atom. The quantitative estimate of drug-likeness (QED) is 0.276. The fourth-order valence-electron chi connectivity index (χ4n) is 5.60. The lowest BCUT2D eigenvalue weighted by atomic mass is 10.1. The van der Waals surface area contributed by atoms with Gasteiger partial charge in [0.15, 0.2) is 5.58 Å². The highest BCUT2D eigenvalue weighted by Gasteiger charge is 2.23. The zero-order valence-corrected chi connectivity index (χ0v) is 17.7. The van der Waals surface area contributed by atoms with Crippen LogP contribution in [-0.4, -0.2) is 9.13 Å². The summed E-state index contributed by atoms with van der Waals surface area (Å²) in [5.41, 5.74) is 8.94. The molecule has 0 spiro atoms. The molecule has 0 aliphatic heterocycles. The van der Waals surface area contributed by atoms with Crippen LogP contribution in [0, 0.1) is 0 Å². The van der Waals surface area contributed by atoms with Gasteiger partial charge in [-0.1, -0.05) is 60.7 Å². The minimum absolute atomic E-state index is 0.921. The Balaban J connectivity index is 1.55. The van der Waals surface area contributed by atoms with Gasteiger partial charge >= 0.3 is 0 Å². The monoisotopic (exact) mass is 422 g/mol. The molecule has 0 aliphatic carbocycles. The van der Waals surface area contributed by atoms with Crippen molar-refractivity contribution in [2.75, 3.05) is 0 Å². The van der Waals surface area contributed by atoms with Crippen molar-refractivity contribution in [3.8, 4) is 11.4 Å². The van der Waals surface area contributed by atoms with Crippen LogP contribution in [0.2, 0.25) is 0 Å². The van der Waals surface area contributed by atoms with Crippen LogP contribution in [0.4, 0.5) is 0 Å². The van der Waals surface area contributed by atoms with E-state index in [-0.39, 0.29) is 0 Å². The van der Waals surface area contributed by atoms with Gasteiger partial charge in [0, 0.05) is 27.2 Å². The molecule has 0 atom stereocenters. The van der Waals surface area contributed by atoms with Crippen molar-refractivity contribution < 1.29 is 4.42 Å². The largest absolute Gasteiger partial charge is 0.454 e. The summed E-state index contributed by atoms with van der Waals surface area (Å²) < 4.78 is 11.1. The van der Waals surface area contributed by atoms with Crippen LogP contribution < -0.4 is 0 Å². The van der Waals surface area contributed by atoms with E-state index in [1.165, 1.54) is 38.5 Å². The number of hydrogen-bond acceptors (Lipinski definition) is 1. The normalized spacial score (nSPS) is 12.2. The van der Waals surface area contributed by atoms with Gasteiger partial charge in [-0.2, -0.15) is 0 Å². The van der Waals surface area contributed by atoms with Gasteiger partial charge in [-0.3, -0.25) is 0 Å². The van der Waals surface area contributed by atoms with Crippen molar-refractivity contribution in [3.63, 3.8) is 0 Å². The second-order valence-corrected chi connectivity index (χ2v) is 8.60. The molecule has 33 heavy (non-hydrogen) atoms. The van der Waals surface area contributed by atoms with Gasteiger partial charge in [-0.15, -0.1) is 0 Å². The van der Waals surface area contributed by atoms with Crippen molar-refractivity contribution >= 4 is 54.8 Å². The van der Waals surface area contributed by atoms with E-state index in [0.717, 1.165) is 27.6 Å². The summed E-state index contributed by atoms with van der Waals surface area (Å²) in [6.07, 6.45) is 0. The molecule has 0 amide bonds. The van der Waals surface area contributed by atoms with E-state index in [9.17, 15) is 0 Å². The first-order valence-electron chi connectivity index (χ1n) is 11.2. The molecular weight excluding hydrogens is 404 g/mol. The third kappa shape index (κ3) is 2.09. The van der Waals surface area contributed by atoms with Gasteiger partial charge in [0.25, 0.3) is 0 Å². The molecule has 0 saturated carbocycles. The van der Waals surface area contributed by atoms with Gasteiger partial charge in [0.2, 0.25) is 0 Å². The van der Waals surface area contributed by atoms with Gasteiger partial charge in [-0.05, 0) is 48.5 Å². The summed E-state index contributed by atoms with van der Waals surface area (Å²) in [7, 11) is 0. The van der Waals surface area contributed by atoms with Crippen molar-refractivity contribution in [1.82, 2.24) is 9.13 Å². The van der Waals surface area contributed by atoms with E-state index in [0.29, 0.717) is 0 Å². The minimum atomic E-state index is 0.921. The minimum Gasteiger partial charge on any atom is -0.454 e. The molecule has 0 radical (unpaired) electrons. The Labute approximate surface area is 189 Å². The second-order valence-electron chi connectivity index (χ2n) is 8.60. The van der Waals surface area contributed by atoms with Gasteiger partial charge in [-0.25, -0.2) is 0 Å². The molecule has 3 aromatic heterocycles. The number of rotatable bonds is 2. The molecule has 3 heteroatoms. The van der Waals surface area contributed by atoms with E-state index in [4.69, 9.17) is 4.42 Å². The highest BCUT2D eigenvalue weighted by molar-refractivity contribution is 6.25. The van der Waals surface area contributed by atoms with Crippen LogP contribution in [0.25, 0.3) is 66.2 Å². The fourth-order valence-corrected chi connectivity index (χ4v) is 5.60. The number of fused-ring (bicyclic) bond motifs is 3. The third-order valence-electron chi connectivity index (χ3n) is 6.89. The zero-order valence-electron chi connectivity index (χ0n) is 17.7. The average Bonchev–Trinajstić information content (AvgIpc) is 3.53. The van der Waals surface area contributed by atoms with Crippen LogP contribution in [0.3, 0.4) is 0 Å². The molecule has 3 heterocycles. The Morgan fingerprint density at radius 2 is 1.03 bits per heavy atom. The maximum Gasteiger partial charge on any atom is 0.159 e. The molecule has 154 valence electrons. The molecule has 0 aliphatic rings. The Hall–Kier alpha value is -4.50. The zero-order chi connectivity index (χ0) is 21.5. The molecule has 0 unspecified atom stereocenters. The molecule has 0 fully saturated rings. The summed E-state index contributed by atoms with van der Waals surface area (Å²) in [5.74, 6) is 0. The SMILES string of the molecule is c1ccc(-n2c3cccc4c3c3c2cccc3n4-c2cccc3c2oc2ccccc23)cc1. The standard InChI is InChI=1S/C30H18N2O/c1-2-9-19(10-3-1)31-22-13-7-15-24-28(22)29-23(31)14-8-16-25(29)32(24)26-17-6-12-21-20-11-4-5-18-27(20)33-30(21)26/h1-18H. The van der Waals surface area contributed by atoms with Crippen LogP contribution in [-0.2, 0) is 0 Å². The summed E-state index contributed by atoms with van der Waals surface area (Å²) in [5, 5.41) is 4.88. The molecule has 8 rings (SSSR count). The first-order chi connectivity index (χ1) is 16.4. The maximum atomic E-state index is 6.41. The lowest BCUT2D eigenvalue weighted by molar-refractivity contribution is 0.666. The number of benzene rings is 5. The van der Waals surface area contributed by atoms with Crippen molar-refractivity contribution in [2.24, 2.45) is 0 Å². The van der Waals surface area contributed by atoms with Crippen molar-refractivity contribution in [3.05, 3.63) is 109 Å². The van der Waals surface area contributed by atoms with E-state index < -0.39 is 0 Å². The Kier molecular flexibility index (Phi) is 3.14. The highest BCUT2D eigenvalue weighted by Crippen LogP contribution is 2.43. The summed E-state index contributed by atoms with van der Waals surface area (Å²) in [4.78, 5) is 0. The number of furan rings is 1. The second kappa shape index (κ2) is 6.05. The van der Waals surface area contributed by atoms with Gasteiger partial charge in [0.1, 0.15) is 5.58 Å². The maximum absolute atomic E-state index is 6.41. The summed E-state index contributed by atoms with van der Waals surface area (Å²) >= 11 is 0. The van der Waals surface area contributed by atoms with E-state index >= 15 is 0 Å². The number of hydrogen-bond donors (Lipinski definition) is 0. The number of nitrogens with zero attached hydrogens (tertiary/aromatic N) is 2. The van der Waals surface area contributed by atoms with Crippen LogP contribution in [0.5, 0.6) is 0 Å². The van der Waals surface area contributed by atoms with Crippen LogP contribution in [0.15, 0.2) is 114 Å². The Morgan fingerprint density at radius 1 is 0.455 bits per heavy atom. The molecule has 8 aromatic rings. The highest BCUT2D eigenvalue weighted by atomic mass is 16.3. The predicted octanol–water partition coefficient (Wildman–Crippen LogP) is 8.06. The predicted molar refractivity (Wildman–Crippen MR) is 136 cm³/mol. The Bertz CT molecular complexity index is 1900. The lowest BCUT2D eigenvalue weighted by Crippen LogP contribution is -1.98. The number of aromatic nitrogens is 2. The summed E-state index contributed by atoms with van der Waals surface area (Å²) in [6, 6.07) is 38.5. The first kappa shape index (κ1) is 17.1. The topological polar surface area (TPSA) is 23.0 Å². The van der Waals surface area contributed by atoms with E-state index in [2.05, 4.69) is 106 Å². The first-order valence-corrected chi connectivity index (χ1v) is 11.2. The molecule has 3 nitrogen and oxygen atoms in total. The van der Waals surface area contributed by atoms with Gasteiger partial charge in [0.05, 0.1) is 27.8 Å². The third-order valence-corrected chi connectivity index (χ3v) is 6.89. The molecule has 0 bridgehead atoms. The molecule has 5 aromatic carbocycles. The smallest absolute Gasteiger partial charge is 0.159 e.